The van der Waals surface area contributed by atoms with Gasteiger partial charge in [0.05, 0.1) is 5.56 Å². The van der Waals surface area contributed by atoms with Crippen LogP contribution in [0.15, 0.2) is 23.1 Å². The Balaban J connectivity index is 2.21. The van der Waals surface area contributed by atoms with Gasteiger partial charge in [0.2, 0.25) is 0 Å². The van der Waals surface area contributed by atoms with Gasteiger partial charge < -0.3 is 9.80 Å². The van der Waals surface area contributed by atoms with E-state index in [1.54, 1.807) is 11.8 Å². The molecule has 1 fully saturated rings. The molecule has 0 radical (unpaired) electrons. The van der Waals surface area contributed by atoms with Crippen LogP contribution < -0.4 is 4.90 Å². The molecule has 1 aliphatic rings. The van der Waals surface area contributed by atoms with Gasteiger partial charge in [-0.05, 0) is 31.4 Å². The fourth-order valence-electron chi connectivity index (χ4n) is 2.31. The molecule has 0 N–H and O–H groups in total. The van der Waals surface area contributed by atoms with Crippen LogP contribution in [0.4, 0.5) is 5.69 Å². The molecule has 0 saturated carbocycles. The maximum absolute atomic E-state index is 11.5. The Morgan fingerprint density at radius 3 is 2.63 bits per heavy atom. The Morgan fingerprint density at radius 2 is 2.00 bits per heavy atom. The summed E-state index contributed by atoms with van der Waals surface area (Å²) in [4.78, 5) is 17.2. The number of hydrogen-bond acceptors (Lipinski definition) is 4. The molecule has 0 aliphatic carbocycles. The van der Waals surface area contributed by atoms with Crippen molar-refractivity contribution in [3.05, 3.63) is 23.8 Å². The van der Waals surface area contributed by atoms with Crippen molar-refractivity contribution < 1.29 is 4.79 Å². The maximum Gasteiger partial charge on any atom is 0.153 e. The second-order valence-electron chi connectivity index (χ2n) is 4.95. The molecule has 1 heterocycles. The first-order valence-electron chi connectivity index (χ1n) is 6.90. The molecule has 104 valence electrons. The van der Waals surface area contributed by atoms with Crippen molar-refractivity contribution in [3.8, 4) is 0 Å². The van der Waals surface area contributed by atoms with E-state index in [4.69, 9.17) is 0 Å². The average Bonchev–Trinajstić information content (AvgIpc) is 2.45. The summed E-state index contributed by atoms with van der Waals surface area (Å²) >= 11 is 1.78. The van der Waals surface area contributed by atoms with Crippen LogP contribution in [0.3, 0.4) is 0 Å². The van der Waals surface area contributed by atoms with Crippen LogP contribution in [-0.2, 0) is 0 Å². The smallest absolute Gasteiger partial charge is 0.153 e. The predicted molar refractivity (Wildman–Crippen MR) is 82.6 cm³/mol. The minimum Gasteiger partial charge on any atom is -0.368 e. The molecular weight excluding hydrogens is 256 g/mol. The lowest BCUT2D eigenvalue weighted by atomic mass is 10.1. The Bertz CT molecular complexity index is 428. The third kappa shape index (κ3) is 3.51. The zero-order valence-electron chi connectivity index (χ0n) is 11.8. The standard InChI is InChI=1S/C15H22N2OS/c1-3-11-19-15-6-4-5-14(13(15)12-18)17-9-7-16(2)8-10-17/h4-6,12H,3,7-11H2,1-2H3. The van der Waals surface area contributed by atoms with Gasteiger partial charge in [-0.3, -0.25) is 4.79 Å². The molecule has 1 saturated heterocycles. The molecule has 0 amide bonds. The molecule has 0 atom stereocenters. The zero-order valence-corrected chi connectivity index (χ0v) is 12.6. The van der Waals surface area contributed by atoms with E-state index >= 15 is 0 Å². The predicted octanol–water partition coefficient (Wildman–Crippen LogP) is 2.75. The van der Waals surface area contributed by atoms with E-state index in [0.29, 0.717) is 0 Å². The van der Waals surface area contributed by atoms with Gasteiger partial charge >= 0.3 is 0 Å². The topological polar surface area (TPSA) is 23.6 Å². The lowest BCUT2D eigenvalue weighted by Gasteiger charge is -2.35. The fourth-order valence-corrected chi connectivity index (χ4v) is 3.22. The van der Waals surface area contributed by atoms with E-state index in [1.165, 1.54) is 0 Å². The molecule has 3 nitrogen and oxygen atoms in total. The van der Waals surface area contributed by atoms with Gasteiger partial charge in [0.15, 0.2) is 6.29 Å². The van der Waals surface area contributed by atoms with Crippen LogP contribution in [0.25, 0.3) is 0 Å². The van der Waals surface area contributed by atoms with Gasteiger partial charge in [0.25, 0.3) is 0 Å². The van der Waals surface area contributed by atoms with Gasteiger partial charge in [-0.2, -0.15) is 0 Å². The zero-order chi connectivity index (χ0) is 13.7. The lowest BCUT2D eigenvalue weighted by Crippen LogP contribution is -2.44. The SMILES string of the molecule is CCCSc1cccc(N2CCN(C)CC2)c1C=O. The summed E-state index contributed by atoms with van der Waals surface area (Å²) in [5.74, 6) is 1.06. The van der Waals surface area contributed by atoms with Crippen molar-refractivity contribution in [1.82, 2.24) is 4.90 Å². The van der Waals surface area contributed by atoms with E-state index in [9.17, 15) is 4.79 Å². The summed E-state index contributed by atoms with van der Waals surface area (Å²) in [5, 5.41) is 0. The quantitative estimate of drug-likeness (QED) is 0.610. The molecule has 1 aromatic rings. The van der Waals surface area contributed by atoms with Crippen LogP contribution in [-0.4, -0.2) is 50.2 Å². The molecule has 1 aromatic carbocycles. The molecular formula is C15H22N2OS. The number of aldehydes is 1. The summed E-state index contributed by atoms with van der Waals surface area (Å²) in [5.41, 5.74) is 1.97. The Morgan fingerprint density at radius 1 is 1.26 bits per heavy atom. The third-order valence-electron chi connectivity index (χ3n) is 3.47. The van der Waals surface area contributed by atoms with Gasteiger partial charge in [-0.1, -0.05) is 13.0 Å². The van der Waals surface area contributed by atoms with E-state index < -0.39 is 0 Å². The third-order valence-corrected chi connectivity index (χ3v) is 4.75. The molecule has 4 heteroatoms. The van der Waals surface area contributed by atoms with Crippen molar-refractivity contribution in [1.29, 1.82) is 0 Å². The largest absolute Gasteiger partial charge is 0.368 e. The van der Waals surface area contributed by atoms with Crippen molar-refractivity contribution in [2.24, 2.45) is 0 Å². The summed E-state index contributed by atoms with van der Waals surface area (Å²) < 4.78 is 0. The van der Waals surface area contributed by atoms with Crippen molar-refractivity contribution in [2.45, 2.75) is 18.2 Å². The minimum atomic E-state index is 0.866. The number of hydrogen-bond donors (Lipinski definition) is 0. The minimum absolute atomic E-state index is 0.866. The van der Waals surface area contributed by atoms with Crippen LogP contribution in [0, 0.1) is 0 Å². The number of carbonyl (C=O) groups excluding carboxylic acids is 1. The normalized spacial score (nSPS) is 16.6. The highest BCUT2D eigenvalue weighted by atomic mass is 32.2. The first-order valence-corrected chi connectivity index (χ1v) is 7.89. The molecule has 0 aromatic heterocycles. The molecule has 2 rings (SSSR count). The molecule has 19 heavy (non-hydrogen) atoms. The summed E-state index contributed by atoms with van der Waals surface area (Å²) in [6.07, 6.45) is 2.15. The van der Waals surface area contributed by atoms with Gasteiger partial charge in [-0.15, -0.1) is 11.8 Å². The number of nitrogens with zero attached hydrogens (tertiary/aromatic N) is 2. The number of rotatable bonds is 5. The summed E-state index contributed by atoms with van der Waals surface area (Å²) in [7, 11) is 2.14. The molecule has 1 aliphatic heterocycles. The summed E-state index contributed by atoms with van der Waals surface area (Å²) in [6.45, 7) is 6.28. The van der Waals surface area contributed by atoms with E-state index in [-0.39, 0.29) is 0 Å². The first-order chi connectivity index (χ1) is 9.26. The van der Waals surface area contributed by atoms with Gasteiger partial charge in [0, 0.05) is 36.8 Å². The molecule has 0 unspecified atom stereocenters. The lowest BCUT2D eigenvalue weighted by molar-refractivity contribution is 0.112. The molecule has 0 spiro atoms. The van der Waals surface area contributed by atoms with Crippen LogP contribution in [0.1, 0.15) is 23.7 Å². The number of thioether (sulfide) groups is 1. The summed E-state index contributed by atoms with van der Waals surface area (Å²) in [6, 6.07) is 6.20. The Hall–Kier alpha value is -1.00. The number of anilines is 1. The van der Waals surface area contributed by atoms with Gasteiger partial charge in [0.1, 0.15) is 0 Å². The second kappa shape index (κ2) is 6.96. The van der Waals surface area contributed by atoms with Crippen LogP contribution in [0.5, 0.6) is 0 Å². The Kier molecular flexibility index (Phi) is 5.28. The van der Waals surface area contributed by atoms with Crippen LogP contribution in [0.2, 0.25) is 0 Å². The monoisotopic (exact) mass is 278 g/mol. The first kappa shape index (κ1) is 14.4. The van der Waals surface area contributed by atoms with Crippen molar-refractivity contribution in [2.75, 3.05) is 43.9 Å². The number of likely N-dealkylation sites (N-methyl/N-ethyl adjacent to an activating group) is 1. The van der Waals surface area contributed by atoms with E-state index in [1.807, 2.05) is 0 Å². The van der Waals surface area contributed by atoms with Crippen molar-refractivity contribution >= 4 is 23.7 Å². The Labute approximate surface area is 120 Å². The highest BCUT2D eigenvalue weighted by molar-refractivity contribution is 7.99. The second-order valence-corrected chi connectivity index (χ2v) is 6.08. The highest BCUT2D eigenvalue weighted by Gasteiger charge is 2.18. The average molecular weight is 278 g/mol. The molecule has 0 bridgehead atoms. The number of carbonyl (C=O) groups is 1. The van der Waals surface area contributed by atoms with Crippen LogP contribution >= 0.6 is 11.8 Å². The highest BCUT2D eigenvalue weighted by Crippen LogP contribution is 2.30. The number of piperazine rings is 1. The van der Waals surface area contributed by atoms with E-state index in [0.717, 1.165) is 60.8 Å². The van der Waals surface area contributed by atoms with E-state index in [2.05, 4.69) is 42.0 Å². The maximum atomic E-state index is 11.5. The number of benzene rings is 1. The fraction of sp³-hybridized carbons (Fsp3) is 0.533. The van der Waals surface area contributed by atoms with Gasteiger partial charge in [-0.25, -0.2) is 0 Å². The van der Waals surface area contributed by atoms with Crippen molar-refractivity contribution in [3.63, 3.8) is 0 Å².